The van der Waals surface area contributed by atoms with Crippen molar-refractivity contribution in [2.45, 2.75) is 30.6 Å². The fraction of sp³-hybridized carbons (Fsp3) is 0.333. The van der Waals surface area contributed by atoms with E-state index in [1.807, 2.05) is 0 Å². The van der Waals surface area contributed by atoms with E-state index in [-0.39, 0.29) is 23.2 Å². The van der Waals surface area contributed by atoms with Crippen LogP contribution in [-0.2, 0) is 16.0 Å². The Hall–Kier alpha value is -3.17. The summed E-state index contributed by atoms with van der Waals surface area (Å²) < 4.78 is 17.4. The minimum Gasteiger partial charge on any atom is -0.496 e. The van der Waals surface area contributed by atoms with Crippen molar-refractivity contribution in [2.75, 3.05) is 26.6 Å². The molecule has 0 saturated carbocycles. The molecular formula is C24H24N2O6S. The van der Waals surface area contributed by atoms with Crippen LogP contribution in [0.2, 0.25) is 0 Å². The first-order valence-corrected chi connectivity index (χ1v) is 11.5. The van der Waals surface area contributed by atoms with E-state index < -0.39 is 5.97 Å². The number of hydrogen-bond donors (Lipinski definition) is 0. The number of thioether (sulfide) groups is 1. The molecule has 0 radical (unpaired) electrons. The lowest BCUT2D eigenvalue weighted by Gasteiger charge is -2.16. The van der Waals surface area contributed by atoms with Crippen LogP contribution in [0.15, 0.2) is 52.4 Å². The molecule has 0 aliphatic carbocycles. The Labute approximate surface area is 194 Å². The van der Waals surface area contributed by atoms with Crippen molar-refractivity contribution >= 4 is 34.4 Å². The summed E-state index contributed by atoms with van der Waals surface area (Å²) in [6.07, 6.45) is 1.72. The second-order valence-electron chi connectivity index (χ2n) is 7.58. The molecule has 0 N–H and O–H groups in total. The van der Waals surface area contributed by atoms with E-state index in [4.69, 9.17) is 14.2 Å². The molecule has 3 aromatic rings. The highest BCUT2D eigenvalue weighted by Gasteiger charge is 2.22. The van der Waals surface area contributed by atoms with Gasteiger partial charge in [-0.15, -0.1) is 0 Å². The molecule has 2 aromatic carbocycles. The lowest BCUT2D eigenvalue weighted by atomic mass is 10.1. The van der Waals surface area contributed by atoms with Gasteiger partial charge in [-0.1, -0.05) is 23.9 Å². The van der Waals surface area contributed by atoms with Crippen LogP contribution in [-0.4, -0.2) is 54.0 Å². The molecule has 1 atom stereocenters. The van der Waals surface area contributed by atoms with E-state index >= 15 is 0 Å². The summed E-state index contributed by atoms with van der Waals surface area (Å²) in [5.41, 5.74) is 0.905. The van der Waals surface area contributed by atoms with Gasteiger partial charge in [0.15, 0.2) is 10.9 Å². The van der Waals surface area contributed by atoms with Crippen molar-refractivity contribution in [1.29, 1.82) is 0 Å². The van der Waals surface area contributed by atoms with E-state index in [1.165, 1.54) is 32.0 Å². The van der Waals surface area contributed by atoms with Crippen molar-refractivity contribution in [3.05, 3.63) is 63.9 Å². The van der Waals surface area contributed by atoms with Crippen molar-refractivity contribution in [2.24, 2.45) is 0 Å². The molecule has 0 amide bonds. The molecule has 8 nitrogen and oxygen atoms in total. The number of aromatic nitrogens is 2. The van der Waals surface area contributed by atoms with Gasteiger partial charge < -0.3 is 14.2 Å². The maximum Gasteiger partial charge on any atom is 0.337 e. The fourth-order valence-electron chi connectivity index (χ4n) is 3.79. The van der Waals surface area contributed by atoms with Crippen LogP contribution in [0.25, 0.3) is 10.9 Å². The number of esters is 1. The first kappa shape index (κ1) is 23.0. The Morgan fingerprint density at radius 2 is 2.03 bits per heavy atom. The third kappa shape index (κ3) is 4.94. The average molecular weight is 469 g/mol. The van der Waals surface area contributed by atoms with E-state index in [9.17, 15) is 14.4 Å². The number of carbonyl (C=O) groups excluding carboxylic acids is 2. The van der Waals surface area contributed by atoms with E-state index in [2.05, 4.69) is 4.98 Å². The molecule has 1 aliphatic rings. The monoisotopic (exact) mass is 468 g/mol. The van der Waals surface area contributed by atoms with Crippen molar-refractivity contribution in [3.8, 4) is 5.75 Å². The SMILES string of the molecule is COC(=O)c1ccc2c(=O)n(CC3CCCO3)c(SCC(=O)c3ccccc3OC)nc2c1. The molecule has 0 spiro atoms. The zero-order chi connectivity index (χ0) is 23.4. The average Bonchev–Trinajstić information content (AvgIpc) is 3.37. The summed E-state index contributed by atoms with van der Waals surface area (Å²) >= 11 is 1.18. The van der Waals surface area contributed by atoms with Gasteiger partial charge in [-0.05, 0) is 43.2 Å². The van der Waals surface area contributed by atoms with Gasteiger partial charge in [0.1, 0.15) is 5.75 Å². The Bertz CT molecular complexity index is 1250. The lowest BCUT2D eigenvalue weighted by Crippen LogP contribution is -2.29. The van der Waals surface area contributed by atoms with E-state index in [0.29, 0.717) is 46.1 Å². The number of carbonyl (C=O) groups is 2. The molecule has 1 fully saturated rings. The van der Waals surface area contributed by atoms with Gasteiger partial charge in [0.2, 0.25) is 0 Å². The molecule has 4 rings (SSSR count). The summed E-state index contributed by atoms with van der Waals surface area (Å²) in [5.74, 6) is -0.0869. The molecule has 1 aromatic heterocycles. The predicted octanol–water partition coefficient (Wildman–Crippen LogP) is 3.35. The Balaban J connectivity index is 1.70. The highest BCUT2D eigenvalue weighted by atomic mass is 32.2. The maximum absolute atomic E-state index is 13.3. The van der Waals surface area contributed by atoms with Gasteiger partial charge in [0.25, 0.3) is 5.56 Å². The lowest BCUT2D eigenvalue weighted by molar-refractivity contribution is 0.0600. The van der Waals surface area contributed by atoms with E-state index in [0.717, 1.165) is 12.8 Å². The van der Waals surface area contributed by atoms with Crippen molar-refractivity contribution in [3.63, 3.8) is 0 Å². The zero-order valence-corrected chi connectivity index (χ0v) is 19.2. The number of nitrogens with zero attached hydrogens (tertiary/aromatic N) is 2. The van der Waals surface area contributed by atoms with Crippen molar-refractivity contribution in [1.82, 2.24) is 9.55 Å². The minimum atomic E-state index is -0.511. The molecule has 0 bridgehead atoms. The van der Waals surface area contributed by atoms with Crippen LogP contribution in [0.4, 0.5) is 0 Å². The smallest absolute Gasteiger partial charge is 0.337 e. The molecule has 172 valence electrons. The minimum absolute atomic E-state index is 0.0700. The molecule has 2 heterocycles. The van der Waals surface area contributed by atoms with Crippen molar-refractivity contribution < 1.29 is 23.8 Å². The van der Waals surface area contributed by atoms with Crippen LogP contribution < -0.4 is 10.3 Å². The highest BCUT2D eigenvalue weighted by Crippen LogP contribution is 2.25. The van der Waals surface area contributed by atoms with Crippen LogP contribution in [0.1, 0.15) is 33.6 Å². The third-order valence-electron chi connectivity index (χ3n) is 5.49. The number of benzene rings is 2. The fourth-order valence-corrected chi connectivity index (χ4v) is 4.68. The molecule has 1 unspecified atom stereocenters. The second-order valence-corrected chi connectivity index (χ2v) is 8.52. The van der Waals surface area contributed by atoms with Crippen LogP contribution in [0, 0.1) is 0 Å². The zero-order valence-electron chi connectivity index (χ0n) is 18.4. The van der Waals surface area contributed by atoms with Gasteiger partial charge in [-0.25, -0.2) is 9.78 Å². The number of methoxy groups -OCH3 is 2. The first-order valence-electron chi connectivity index (χ1n) is 10.6. The highest BCUT2D eigenvalue weighted by molar-refractivity contribution is 7.99. The Morgan fingerprint density at radius 1 is 1.21 bits per heavy atom. The summed E-state index contributed by atoms with van der Waals surface area (Å²) in [6.45, 7) is 1.02. The topological polar surface area (TPSA) is 96.7 Å². The van der Waals surface area contributed by atoms with Gasteiger partial charge in [-0.3, -0.25) is 14.2 Å². The number of rotatable bonds is 8. The number of hydrogen-bond acceptors (Lipinski definition) is 8. The summed E-state index contributed by atoms with van der Waals surface area (Å²) in [5, 5.41) is 0.786. The number of Topliss-reactive ketones (excluding diaryl/α,β-unsaturated/α-hetero) is 1. The molecular weight excluding hydrogens is 444 g/mol. The second kappa shape index (κ2) is 10.2. The third-order valence-corrected chi connectivity index (χ3v) is 6.47. The predicted molar refractivity (Wildman–Crippen MR) is 124 cm³/mol. The van der Waals surface area contributed by atoms with E-state index in [1.54, 1.807) is 41.0 Å². The molecule has 33 heavy (non-hydrogen) atoms. The van der Waals surface area contributed by atoms with Gasteiger partial charge >= 0.3 is 5.97 Å². The standard InChI is InChI=1S/C24H24N2O6S/c1-30-21-8-4-3-7-18(21)20(27)14-33-24-25-19-12-15(23(29)31-2)9-10-17(19)22(28)26(24)13-16-6-5-11-32-16/h3-4,7-10,12,16H,5-6,11,13-14H2,1-2H3. The quantitative estimate of drug-likeness (QED) is 0.215. The first-order chi connectivity index (χ1) is 16.0. The summed E-state index contributed by atoms with van der Waals surface area (Å²) in [6, 6.07) is 11.7. The van der Waals surface area contributed by atoms with Gasteiger partial charge in [0.05, 0.1) is 54.7 Å². The Morgan fingerprint density at radius 3 is 2.76 bits per heavy atom. The van der Waals surface area contributed by atoms with Gasteiger partial charge in [0, 0.05) is 6.61 Å². The number of ketones is 1. The molecule has 9 heteroatoms. The van der Waals surface area contributed by atoms with Gasteiger partial charge in [-0.2, -0.15) is 0 Å². The van der Waals surface area contributed by atoms with Crippen LogP contribution in [0.3, 0.4) is 0 Å². The molecule has 1 saturated heterocycles. The van der Waals surface area contributed by atoms with Crippen LogP contribution in [0.5, 0.6) is 5.75 Å². The maximum atomic E-state index is 13.3. The summed E-state index contributed by atoms with van der Waals surface area (Å²) in [4.78, 5) is 42.8. The summed E-state index contributed by atoms with van der Waals surface area (Å²) in [7, 11) is 2.81. The largest absolute Gasteiger partial charge is 0.496 e. The molecule has 1 aliphatic heterocycles. The van der Waals surface area contributed by atoms with Crippen LogP contribution >= 0.6 is 11.8 Å². The number of para-hydroxylation sites is 1. The normalized spacial score (nSPS) is 15.5. The number of fused-ring (bicyclic) bond motifs is 1. The Kier molecular flexibility index (Phi) is 7.10. The number of ether oxygens (including phenoxy) is 3.